The maximum absolute atomic E-state index is 3.57. The van der Waals surface area contributed by atoms with E-state index in [4.69, 9.17) is 0 Å². The number of rotatable bonds is 4. The van der Waals surface area contributed by atoms with Gasteiger partial charge in [-0.15, -0.1) is 0 Å². The molecule has 1 nitrogen and oxygen atoms in total. The van der Waals surface area contributed by atoms with Crippen LogP contribution >= 0.6 is 15.9 Å². The van der Waals surface area contributed by atoms with Gasteiger partial charge in [0.15, 0.2) is 0 Å². The maximum atomic E-state index is 3.57. The van der Waals surface area contributed by atoms with Gasteiger partial charge < -0.3 is 5.32 Å². The van der Waals surface area contributed by atoms with Crippen molar-refractivity contribution in [3.63, 3.8) is 0 Å². The molecule has 0 saturated heterocycles. The first-order chi connectivity index (χ1) is 6.65. The smallest absolute Gasteiger partial charge is 0.0305 e. The van der Waals surface area contributed by atoms with Gasteiger partial charge >= 0.3 is 0 Å². The lowest BCUT2D eigenvalue weighted by molar-refractivity contribution is 0.468. The normalized spacial score (nSPS) is 15.1. The molecule has 0 aliphatic heterocycles. The molecule has 0 fully saturated rings. The molecule has 1 rings (SSSR count). The molecule has 14 heavy (non-hydrogen) atoms. The van der Waals surface area contributed by atoms with Crippen LogP contribution in [0.25, 0.3) is 0 Å². The van der Waals surface area contributed by atoms with E-state index in [0.717, 1.165) is 6.42 Å². The van der Waals surface area contributed by atoms with Crippen LogP contribution in [0.4, 0.5) is 0 Å². The van der Waals surface area contributed by atoms with Crippen LogP contribution in [-0.4, -0.2) is 6.04 Å². The largest absolute Gasteiger partial charge is 0.308 e. The molecule has 2 heteroatoms. The topological polar surface area (TPSA) is 12.0 Å². The third-order valence-electron chi connectivity index (χ3n) is 2.52. The maximum Gasteiger partial charge on any atom is 0.0305 e. The average molecular weight is 256 g/mol. The number of halogens is 1. The molecule has 0 heterocycles. The second kappa shape index (κ2) is 5.52. The number of hydrogen-bond donors (Lipinski definition) is 1. The van der Waals surface area contributed by atoms with Gasteiger partial charge in [-0.1, -0.05) is 41.1 Å². The summed E-state index contributed by atoms with van der Waals surface area (Å²) >= 11 is 3.57. The molecule has 1 N–H and O–H groups in total. The van der Waals surface area contributed by atoms with Gasteiger partial charge in [0.05, 0.1) is 0 Å². The molecule has 0 aliphatic carbocycles. The third-order valence-corrected chi connectivity index (χ3v) is 3.24. The van der Waals surface area contributed by atoms with Gasteiger partial charge in [0.25, 0.3) is 0 Å². The van der Waals surface area contributed by atoms with Crippen molar-refractivity contribution in [1.82, 2.24) is 5.32 Å². The standard InChI is InChI=1S/C12H18BrN/c1-4-9(2)14-10(3)11-7-5-6-8-12(11)13/h5-10,14H,4H2,1-3H3/t9-,10+/m0/s1. The first-order valence-corrected chi connectivity index (χ1v) is 5.95. The van der Waals surface area contributed by atoms with Gasteiger partial charge in [-0.05, 0) is 31.9 Å². The minimum Gasteiger partial charge on any atom is -0.308 e. The minimum absolute atomic E-state index is 0.403. The van der Waals surface area contributed by atoms with E-state index in [1.54, 1.807) is 0 Å². The highest BCUT2D eigenvalue weighted by atomic mass is 79.9. The molecular weight excluding hydrogens is 238 g/mol. The first kappa shape index (κ1) is 11.7. The van der Waals surface area contributed by atoms with E-state index < -0.39 is 0 Å². The molecule has 0 aliphatic rings. The number of nitrogens with one attached hydrogen (secondary N) is 1. The highest BCUT2D eigenvalue weighted by Crippen LogP contribution is 2.23. The van der Waals surface area contributed by atoms with Crippen LogP contribution in [0.2, 0.25) is 0 Å². The van der Waals surface area contributed by atoms with Crippen molar-refractivity contribution >= 4 is 15.9 Å². The van der Waals surface area contributed by atoms with Crippen molar-refractivity contribution in [2.45, 2.75) is 39.3 Å². The van der Waals surface area contributed by atoms with Crippen molar-refractivity contribution < 1.29 is 0 Å². The Morgan fingerprint density at radius 1 is 1.29 bits per heavy atom. The van der Waals surface area contributed by atoms with Gasteiger partial charge in [-0.3, -0.25) is 0 Å². The molecule has 0 radical (unpaired) electrons. The Bertz CT molecular complexity index is 285. The van der Waals surface area contributed by atoms with Crippen LogP contribution in [0.15, 0.2) is 28.7 Å². The van der Waals surface area contributed by atoms with Gasteiger partial charge in [0.1, 0.15) is 0 Å². The lowest BCUT2D eigenvalue weighted by Crippen LogP contribution is -2.28. The zero-order valence-corrected chi connectivity index (χ0v) is 10.6. The van der Waals surface area contributed by atoms with Crippen molar-refractivity contribution in [2.75, 3.05) is 0 Å². The van der Waals surface area contributed by atoms with Gasteiger partial charge in [0.2, 0.25) is 0 Å². The Morgan fingerprint density at radius 2 is 1.93 bits per heavy atom. The summed E-state index contributed by atoms with van der Waals surface area (Å²) in [5.41, 5.74) is 1.33. The zero-order chi connectivity index (χ0) is 10.6. The van der Waals surface area contributed by atoms with E-state index in [1.165, 1.54) is 10.0 Å². The molecule has 0 amide bonds. The summed E-state index contributed by atoms with van der Waals surface area (Å²) in [5.74, 6) is 0. The Hall–Kier alpha value is -0.340. The van der Waals surface area contributed by atoms with Crippen LogP contribution in [0, 0.1) is 0 Å². The molecule has 78 valence electrons. The lowest BCUT2D eigenvalue weighted by Gasteiger charge is -2.20. The van der Waals surface area contributed by atoms with Crippen molar-refractivity contribution in [2.24, 2.45) is 0 Å². The fourth-order valence-corrected chi connectivity index (χ4v) is 2.09. The Balaban J connectivity index is 2.69. The number of benzene rings is 1. The van der Waals surface area contributed by atoms with Crippen LogP contribution in [0.5, 0.6) is 0 Å². The molecule has 1 aromatic carbocycles. The Morgan fingerprint density at radius 3 is 2.50 bits per heavy atom. The summed E-state index contributed by atoms with van der Waals surface area (Å²) in [5, 5.41) is 3.56. The molecule has 0 spiro atoms. The van der Waals surface area contributed by atoms with Gasteiger partial charge in [-0.25, -0.2) is 0 Å². The summed E-state index contributed by atoms with van der Waals surface area (Å²) in [6, 6.07) is 9.34. The van der Waals surface area contributed by atoms with Crippen molar-refractivity contribution in [3.8, 4) is 0 Å². The predicted octanol–water partition coefficient (Wildman–Crippen LogP) is 3.90. The van der Waals surface area contributed by atoms with E-state index >= 15 is 0 Å². The van der Waals surface area contributed by atoms with Crippen molar-refractivity contribution in [1.29, 1.82) is 0 Å². The second-order valence-electron chi connectivity index (χ2n) is 3.72. The predicted molar refractivity (Wildman–Crippen MR) is 65.4 cm³/mol. The van der Waals surface area contributed by atoms with E-state index in [1.807, 2.05) is 6.07 Å². The molecule has 0 unspecified atom stereocenters. The molecular formula is C12H18BrN. The van der Waals surface area contributed by atoms with Crippen LogP contribution in [-0.2, 0) is 0 Å². The second-order valence-corrected chi connectivity index (χ2v) is 4.57. The van der Waals surface area contributed by atoms with E-state index in [2.05, 4.69) is 60.2 Å². The van der Waals surface area contributed by atoms with E-state index in [0.29, 0.717) is 12.1 Å². The Labute approximate surface area is 95.0 Å². The minimum atomic E-state index is 0.403. The molecule has 0 aromatic heterocycles. The Kier molecular flexibility index (Phi) is 4.63. The monoisotopic (exact) mass is 255 g/mol. The third kappa shape index (κ3) is 3.10. The summed E-state index contributed by atoms with van der Waals surface area (Å²) in [7, 11) is 0. The SMILES string of the molecule is CC[C@H](C)N[C@H](C)c1ccccc1Br. The van der Waals surface area contributed by atoms with Gasteiger partial charge in [0, 0.05) is 16.6 Å². The van der Waals surface area contributed by atoms with Crippen molar-refractivity contribution in [3.05, 3.63) is 34.3 Å². The molecule has 1 aromatic rings. The first-order valence-electron chi connectivity index (χ1n) is 5.15. The molecule has 0 saturated carbocycles. The zero-order valence-electron chi connectivity index (χ0n) is 9.05. The van der Waals surface area contributed by atoms with Crippen LogP contribution < -0.4 is 5.32 Å². The number of hydrogen-bond acceptors (Lipinski definition) is 1. The van der Waals surface area contributed by atoms with E-state index in [-0.39, 0.29) is 0 Å². The highest BCUT2D eigenvalue weighted by molar-refractivity contribution is 9.10. The summed E-state index contributed by atoms with van der Waals surface area (Å²) in [6.07, 6.45) is 1.16. The van der Waals surface area contributed by atoms with Crippen LogP contribution in [0.3, 0.4) is 0 Å². The molecule has 2 atom stereocenters. The van der Waals surface area contributed by atoms with Crippen LogP contribution in [0.1, 0.15) is 38.8 Å². The van der Waals surface area contributed by atoms with Gasteiger partial charge in [-0.2, -0.15) is 0 Å². The fourth-order valence-electron chi connectivity index (χ4n) is 1.46. The summed E-state index contributed by atoms with van der Waals surface area (Å²) in [6.45, 7) is 6.62. The summed E-state index contributed by atoms with van der Waals surface area (Å²) < 4.78 is 1.18. The quantitative estimate of drug-likeness (QED) is 0.861. The summed E-state index contributed by atoms with van der Waals surface area (Å²) in [4.78, 5) is 0. The van der Waals surface area contributed by atoms with E-state index in [9.17, 15) is 0 Å². The highest BCUT2D eigenvalue weighted by Gasteiger charge is 2.09. The molecule has 0 bridgehead atoms. The fraction of sp³-hybridized carbons (Fsp3) is 0.500. The lowest BCUT2D eigenvalue weighted by atomic mass is 10.1. The average Bonchev–Trinajstić information content (AvgIpc) is 2.18.